The third kappa shape index (κ3) is 57.1. The Bertz CT molecular complexity index is 1210. The summed E-state index contributed by atoms with van der Waals surface area (Å²) in [6, 6.07) is -0.634. The largest absolute Gasteiger partial charge is 0.466 e. The monoisotopic (exact) mass is 1010 g/mol. The molecule has 0 aromatic heterocycles. The Labute approximate surface area is 448 Å². The van der Waals surface area contributed by atoms with Crippen molar-refractivity contribution in [2.75, 3.05) is 13.2 Å². The number of carbonyl (C=O) groups is 2. The van der Waals surface area contributed by atoms with Gasteiger partial charge in [-0.1, -0.05) is 281 Å². The molecule has 6 nitrogen and oxygen atoms in total. The fraction of sp³-hybridized carbons (Fsp3) is 0.848. The van der Waals surface area contributed by atoms with E-state index in [0.29, 0.717) is 19.4 Å². The van der Waals surface area contributed by atoms with E-state index in [9.17, 15) is 19.8 Å². The van der Waals surface area contributed by atoms with Gasteiger partial charge in [0.2, 0.25) is 5.91 Å². The van der Waals surface area contributed by atoms with Gasteiger partial charge in [0.25, 0.3) is 0 Å². The SMILES string of the molecule is CCCCC/C=C\C/C=C\CCCCCCCCCCCC(=O)OCCCCCCCCCCCC/C=C\CCCCCCCCCC(=O)NC(CO)C(O)/C=C/CCCCCCCCCCCCCCC. The molecule has 0 aliphatic rings. The first-order valence-corrected chi connectivity index (χ1v) is 31.9. The minimum atomic E-state index is -0.850. The fourth-order valence-corrected chi connectivity index (χ4v) is 9.66. The number of carbonyl (C=O) groups excluding carboxylic acids is 2. The molecule has 0 saturated carbocycles. The molecule has 0 rings (SSSR count). The summed E-state index contributed by atoms with van der Waals surface area (Å²) >= 11 is 0. The zero-order valence-electron chi connectivity index (χ0n) is 48.2. The molecule has 72 heavy (non-hydrogen) atoms. The van der Waals surface area contributed by atoms with E-state index in [-0.39, 0.29) is 18.5 Å². The van der Waals surface area contributed by atoms with Gasteiger partial charge in [-0.2, -0.15) is 0 Å². The lowest BCUT2D eigenvalue weighted by atomic mass is 10.0. The molecule has 0 spiro atoms. The zero-order valence-corrected chi connectivity index (χ0v) is 48.2. The van der Waals surface area contributed by atoms with E-state index < -0.39 is 12.1 Å². The van der Waals surface area contributed by atoms with Gasteiger partial charge < -0.3 is 20.3 Å². The van der Waals surface area contributed by atoms with Gasteiger partial charge in [0, 0.05) is 12.8 Å². The summed E-state index contributed by atoms with van der Waals surface area (Å²) in [7, 11) is 0. The van der Waals surface area contributed by atoms with Gasteiger partial charge in [-0.05, 0) is 89.9 Å². The second-order valence-corrected chi connectivity index (χ2v) is 21.7. The molecule has 422 valence electrons. The quantitative estimate of drug-likeness (QED) is 0.0320. The molecule has 6 heteroatoms. The van der Waals surface area contributed by atoms with E-state index in [2.05, 4.69) is 55.6 Å². The first-order valence-electron chi connectivity index (χ1n) is 31.9. The summed E-state index contributed by atoms with van der Waals surface area (Å²) in [5.74, 6) is -0.0715. The maximum atomic E-state index is 12.5. The van der Waals surface area contributed by atoms with E-state index >= 15 is 0 Å². The van der Waals surface area contributed by atoms with Crippen LogP contribution in [0.1, 0.15) is 335 Å². The van der Waals surface area contributed by atoms with E-state index in [1.807, 2.05) is 6.08 Å². The third-order valence-electron chi connectivity index (χ3n) is 14.6. The van der Waals surface area contributed by atoms with Crippen LogP contribution in [-0.4, -0.2) is 47.4 Å². The second-order valence-electron chi connectivity index (χ2n) is 21.7. The van der Waals surface area contributed by atoms with Crippen molar-refractivity contribution in [1.82, 2.24) is 5.32 Å². The van der Waals surface area contributed by atoms with Crippen LogP contribution in [0.5, 0.6) is 0 Å². The Morgan fingerprint density at radius 2 is 0.694 bits per heavy atom. The molecule has 1 amide bonds. The van der Waals surface area contributed by atoms with Crippen LogP contribution < -0.4 is 5.32 Å². The fourth-order valence-electron chi connectivity index (χ4n) is 9.66. The van der Waals surface area contributed by atoms with Crippen LogP contribution in [0.15, 0.2) is 48.6 Å². The maximum Gasteiger partial charge on any atom is 0.305 e. The predicted molar refractivity (Wildman–Crippen MR) is 315 cm³/mol. The van der Waals surface area contributed by atoms with E-state index in [1.165, 1.54) is 250 Å². The minimum absolute atomic E-state index is 0.00365. The highest BCUT2D eigenvalue weighted by Crippen LogP contribution is 2.17. The molecule has 0 aliphatic heterocycles. The van der Waals surface area contributed by atoms with Crippen molar-refractivity contribution in [3.8, 4) is 0 Å². The van der Waals surface area contributed by atoms with Crippen molar-refractivity contribution in [2.45, 2.75) is 347 Å². The van der Waals surface area contributed by atoms with E-state index in [4.69, 9.17) is 4.74 Å². The van der Waals surface area contributed by atoms with Crippen LogP contribution in [0.2, 0.25) is 0 Å². The van der Waals surface area contributed by atoms with Gasteiger partial charge in [-0.25, -0.2) is 0 Å². The number of aliphatic hydroxyl groups is 2. The number of hydrogen-bond donors (Lipinski definition) is 3. The first kappa shape index (κ1) is 69.8. The van der Waals surface area contributed by atoms with E-state index in [1.54, 1.807) is 6.08 Å². The normalized spacial score (nSPS) is 12.9. The highest BCUT2D eigenvalue weighted by Gasteiger charge is 2.18. The summed E-state index contributed by atoms with van der Waals surface area (Å²) in [6.45, 7) is 4.88. The van der Waals surface area contributed by atoms with Crippen molar-refractivity contribution in [3.63, 3.8) is 0 Å². The minimum Gasteiger partial charge on any atom is -0.466 e. The average molecular weight is 1010 g/mol. The lowest BCUT2D eigenvalue weighted by Crippen LogP contribution is -2.45. The summed E-state index contributed by atoms with van der Waals surface area (Å²) in [5.41, 5.74) is 0. The van der Waals surface area contributed by atoms with Crippen LogP contribution in [0, 0.1) is 0 Å². The number of hydrogen-bond acceptors (Lipinski definition) is 5. The van der Waals surface area contributed by atoms with Gasteiger partial charge in [-0.3, -0.25) is 9.59 Å². The molecule has 0 aromatic rings. The van der Waals surface area contributed by atoms with Gasteiger partial charge in [0.1, 0.15) is 0 Å². The molecule has 0 saturated heterocycles. The Kier molecular flexibility index (Phi) is 59.5. The number of amides is 1. The molecular formula is C66H123NO5. The number of rotatable bonds is 59. The maximum absolute atomic E-state index is 12.5. The molecule has 0 fully saturated rings. The average Bonchev–Trinajstić information content (AvgIpc) is 3.38. The van der Waals surface area contributed by atoms with Crippen LogP contribution in [0.25, 0.3) is 0 Å². The van der Waals surface area contributed by atoms with Gasteiger partial charge in [-0.15, -0.1) is 0 Å². The molecule has 0 bridgehead atoms. The summed E-state index contributed by atoms with van der Waals surface area (Å²) in [4.78, 5) is 24.6. The third-order valence-corrected chi connectivity index (χ3v) is 14.6. The lowest BCUT2D eigenvalue weighted by molar-refractivity contribution is -0.143. The lowest BCUT2D eigenvalue weighted by Gasteiger charge is -2.20. The Balaban J connectivity index is 3.43. The van der Waals surface area contributed by atoms with Gasteiger partial charge >= 0.3 is 5.97 Å². The van der Waals surface area contributed by atoms with Crippen molar-refractivity contribution >= 4 is 11.9 Å². The smallest absolute Gasteiger partial charge is 0.305 e. The van der Waals surface area contributed by atoms with Crippen molar-refractivity contribution in [1.29, 1.82) is 0 Å². The van der Waals surface area contributed by atoms with Crippen LogP contribution in [0.4, 0.5) is 0 Å². The molecule has 0 radical (unpaired) electrons. The van der Waals surface area contributed by atoms with Crippen LogP contribution in [-0.2, 0) is 14.3 Å². The Morgan fingerprint density at radius 3 is 1.10 bits per heavy atom. The highest BCUT2D eigenvalue weighted by atomic mass is 16.5. The van der Waals surface area contributed by atoms with Crippen molar-refractivity contribution in [2.24, 2.45) is 0 Å². The second kappa shape index (κ2) is 61.4. The predicted octanol–water partition coefficient (Wildman–Crippen LogP) is 20.1. The van der Waals surface area contributed by atoms with Crippen molar-refractivity contribution < 1.29 is 24.5 Å². The topological polar surface area (TPSA) is 95.9 Å². The van der Waals surface area contributed by atoms with Gasteiger partial charge in [0.05, 0.1) is 25.4 Å². The zero-order chi connectivity index (χ0) is 52.2. The van der Waals surface area contributed by atoms with Crippen molar-refractivity contribution in [3.05, 3.63) is 48.6 Å². The summed E-state index contributed by atoms with van der Waals surface area (Å²) in [6.07, 6.45) is 78.6. The van der Waals surface area contributed by atoms with Gasteiger partial charge in [0.15, 0.2) is 0 Å². The first-order chi connectivity index (χ1) is 35.5. The summed E-state index contributed by atoms with van der Waals surface area (Å²) in [5, 5.41) is 23.1. The number of aliphatic hydroxyl groups excluding tert-OH is 2. The summed E-state index contributed by atoms with van der Waals surface area (Å²) < 4.78 is 5.50. The molecule has 2 atom stereocenters. The number of esters is 1. The highest BCUT2D eigenvalue weighted by molar-refractivity contribution is 5.76. The number of allylic oxidation sites excluding steroid dienone is 7. The van der Waals surface area contributed by atoms with Crippen LogP contribution >= 0.6 is 0 Å². The molecule has 0 aliphatic carbocycles. The molecule has 0 aromatic carbocycles. The molecule has 3 N–H and O–H groups in total. The van der Waals surface area contributed by atoms with Crippen LogP contribution in [0.3, 0.4) is 0 Å². The standard InChI is InChI=1S/C66H123NO5/c1-3-5-7-9-11-13-15-17-19-20-24-28-32-36-40-44-48-52-56-60-66(71)72-61-57-53-49-45-41-37-33-29-26-23-21-22-25-27-31-35-39-43-47-51-55-59-65(70)67-63(62-68)64(69)58-54-50-46-42-38-34-30-18-16-14-12-10-8-6-4-2/h11,13,17,19,22,25,54,58,63-64,68-69H,3-10,12,14-16,18,20-21,23-24,26-53,55-57,59-62H2,1-2H3,(H,67,70)/b13-11-,19-17-,25-22-,58-54+. The van der Waals surface area contributed by atoms with E-state index in [0.717, 1.165) is 57.8 Å². The molecule has 2 unspecified atom stereocenters. The number of nitrogens with one attached hydrogen (secondary N) is 1. The molecular weight excluding hydrogens is 887 g/mol. The Hall–Kier alpha value is -2.18. The number of ether oxygens (including phenoxy) is 1. The number of unbranched alkanes of at least 4 members (excludes halogenated alkanes) is 42. The Morgan fingerprint density at radius 1 is 0.389 bits per heavy atom. The molecule has 0 heterocycles.